The van der Waals surface area contributed by atoms with E-state index in [2.05, 4.69) is 0 Å². The first-order valence-corrected chi connectivity index (χ1v) is 9.55. The van der Waals surface area contributed by atoms with Crippen LogP contribution in [0.5, 0.6) is 0 Å². The molecule has 2 rings (SSSR count). The number of sulfone groups is 1. The predicted octanol–water partition coefficient (Wildman–Crippen LogP) is 0.524. The molecule has 0 bridgehead atoms. The lowest BCUT2D eigenvalue weighted by Gasteiger charge is -2.23. The van der Waals surface area contributed by atoms with Crippen LogP contribution >= 0.6 is 0 Å². The molecule has 1 aromatic rings. The van der Waals surface area contributed by atoms with Gasteiger partial charge < -0.3 is 5.73 Å². The fourth-order valence-corrected chi connectivity index (χ4v) is 5.79. The Morgan fingerprint density at radius 2 is 2.00 bits per heavy atom. The molecule has 1 aliphatic heterocycles. The van der Waals surface area contributed by atoms with Gasteiger partial charge in [0.15, 0.2) is 9.84 Å². The van der Waals surface area contributed by atoms with Gasteiger partial charge in [-0.3, -0.25) is 0 Å². The fourth-order valence-electron chi connectivity index (χ4n) is 2.37. The summed E-state index contributed by atoms with van der Waals surface area (Å²) in [6.45, 7) is 1.42. The van der Waals surface area contributed by atoms with Crippen molar-refractivity contribution in [3.63, 3.8) is 0 Å². The Morgan fingerprint density at radius 1 is 1.38 bits per heavy atom. The number of nitrogens with two attached hydrogens (primary N) is 1. The Bertz CT molecular complexity index is 775. The average Bonchev–Trinajstić information content (AvgIpc) is 2.73. The van der Waals surface area contributed by atoms with Crippen molar-refractivity contribution in [1.29, 1.82) is 0 Å². The van der Waals surface area contributed by atoms with Gasteiger partial charge in [0.25, 0.3) is 0 Å². The summed E-state index contributed by atoms with van der Waals surface area (Å²) in [7, 11) is -6.11. The highest BCUT2D eigenvalue weighted by Gasteiger charge is 2.37. The quantitative estimate of drug-likeness (QED) is 0.812. The summed E-state index contributed by atoms with van der Waals surface area (Å²) in [6, 6.07) is 1.72. The number of rotatable bonds is 3. The van der Waals surface area contributed by atoms with E-state index in [1.807, 2.05) is 0 Å². The molecule has 1 atom stereocenters. The molecule has 1 fully saturated rings. The minimum absolute atomic E-state index is 0.0596. The zero-order valence-electron chi connectivity index (χ0n) is 11.7. The highest BCUT2D eigenvalue weighted by Crippen LogP contribution is 2.27. The van der Waals surface area contributed by atoms with Gasteiger partial charge in [-0.1, -0.05) is 0 Å². The lowest BCUT2D eigenvalue weighted by molar-refractivity contribution is 0.391. The molecule has 1 saturated heterocycles. The largest absolute Gasteiger partial charge is 0.399 e. The number of hydrogen-bond acceptors (Lipinski definition) is 5. The van der Waals surface area contributed by atoms with Crippen LogP contribution in [0.25, 0.3) is 0 Å². The molecule has 0 amide bonds. The minimum atomic E-state index is -4.13. The summed E-state index contributed by atoms with van der Waals surface area (Å²) >= 11 is 0. The second kappa shape index (κ2) is 5.22. The van der Waals surface area contributed by atoms with E-state index < -0.39 is 36.6 Å². The van der Waals surface area contributed by atoms with E-state index in [9.17, 15) is 21.2 Å². The molecule has 1 unspecified atom stereocenters. The molecule has 0 aliphatic carbocycles. The van der Waals surface area contributed by atoms with E-state index in [1.54, 1.807) is 0 Å². The van der Waals surface area contributed by atoms with Crippen LogP contribution in [0, 0.1) is 12.7 Å². The number of sulfonamides is 1. The molecule has 9 heteroatoms. The highest BCUT2D eigenvalue weighted by molar-refractivity contribution is 7.92. The number of anilines is 1. The number of hydrogen-bond donors (Lipinski definition) is 1. The summed E-state index contributed by atoms with van der Waals surface area (Å²) in [5.74, 6) is -1.17. The highest BCUT2D eigenvalue weighted by atomic mass is 32.2. The van der Waals surface area contributed by atoms with Gasteiger partial charge in [-0.2, -0.15) is 4.31 Å². The Kier molecular flexibility index (Phi) is 4.02. The van der Waals surface area contributed by atoms with Gasteiger partial charge >= 0.3 is 0 Å². The summed E-state index contributed by atoms with van der Waals surface area (Å²) in [5.41, 5.74) is 5.84. The van der Waals surface area contributed by atoms with Crippen molar-refractivity contribution >= 4 is 25.5 Å². The van der Waals surface area contributed by atoms with Crippen molar-refractivity contribution in [2.75, 3.05) is 24.3 Å². The van der Waals surface area contributed by atoms with Crippen molar-refractivity contribution in [3.05, 3.63) is 23.5 Å². The van der Waals surface area contributed by atoms with E-state index >= 15 is 0 Å². The standard InChI is InChI=1S/C12H17FN2O4S2/c1-8-5-9(14)6-11(12(8)13)21(18,19)15(2)10-3-4-20(16,17)7-10/h5-6,10H,3-4,7,14H2,1-2H3. The SMILES string of the molecule is Cc1cc(N)cc(S(=O)(=O)N(C)C2CCS(=O)(=O)C2)c1F. The third kappa shape index (κ3) is 3.04. The Morgan fingerprint density at radius 3 is 2.52 bits per heavy atom. The van der Waals surface area contributed by atoms with Crippen molar-refractivity contribution < 1.29 is 21.2 Å². The molecule has 0 radical (unpaired) electrons. The van der Waals surface area contributed by atoms with Gasteiger partial charge in [-0.25, -0.2) is 21.2 Å². The van der Waals surface area contributed by atoms with Gasteiger partial charge in [0.1, 0.15) is 10.7 Å². The van der Waals surface area contributed by atoms with Crippen LogP contribution in [0.15, 0.2) is 17.0 Å². The van der Waals surface area contributed by atoms with Gasteiger partial charge in [0.05, 0.1) is 11.5 Å². The zero-order valence-corrected chi connectivity index (χ0v) is 13.3. The first-order chi connectivity index (χ1) is 9.54. The molecule has 1 heterocycles. The summed E-state index contributed by atoms with van der Waals surface area (Å²) in [6.07, 6.45) is 0.209. The normalized spacial score (nSPS) is 21.8. The Balaban J connectivity index is 2.43. The topological polar surface area (TPSA) is 97.5 Å². The van der Waals surface area contributed by atoms with Crippen molar-refractivity contribution in [1.82, 2.24) is 4.31 Å². The number of halogens is 1. The summed E-state index contributed by atoms with van der Waals surface area (Å²) in [5, 5.41) is 0. The van der Waals surface area contributed by atoms with Crippen LogP contribution < -0.4 is 5.73 Å². The van der Waals surface area contributed by atoms with E-state index in [1.165, 1.54) is 20.0 Å². The molecule has 0 aromatic heterocycles. The molecule has 118 valence electrons. The van der Waals surface area contributed by atoms with Crippen LogP contribution in [0.3, 0.4) is 0 Å². The lowest BCUT2D eigenvalue weighted by atomic mass is 10.2. The second-order valence-electron chi connectivity index (χ2n) is 5.23. The molecular weight excluding hydrogens is 319 g/mol. The zero-order chi connectivity index (χ0) is 16.0. The molecule has 1 aliphatic rings. The number of aryl methyl sites for hydroxylation is 1. The van der Waals surface area contributed by atoms with Crippen molar-refractivity contribution in [3.8, 4) is 0 Å². The molecule has 0 spiro atoms. The monoisotopic (exact) mass is 336 g/mol. The van der Waals surface area contributed by atoms with E-state index in [4.69, 9.17) is 5.73 Å². The molecule has 0 saturated carbocycles. The summed E-state index contributed by atoms with van der Waals surface area (Å²) in [4.78, 5) is -0.521. The Labute approximate surface area is 123 Å². The third-order valence-corrected chi connectivity index (χ3v) is 7.28. The third-order valence-electron chi connectivity index (χ3n) is 3.62. The van der Waals surface area contributed by atoms with E-state index in [0.717, 1.165) is 10.4 Å². The van der Waals surface area contributed by atoms with Crippen LogP contribution in [0.4, 0.5) is 10.1 Å². The first-order valence-electron chi connectivity index (χ1n) is 6.28. The van der Waals surface area contributed by atoms with Gasteiger partial charge in [-0.05, 0) is 31.0 Å². The van der Waals surface area contributed by atoms with Gasteiger partial charge in [0, 0.05) is 18.8 Å². The number of benzene rings is 1. The van der Waals surface area contributed by atoms with Crippen LogP contribution in [-0.2, 0) is 19.9 Å². The molecular formula is C12H17FN2O4S2. The van der Waals surface area contributed by atoms with Gasteiger partial charge in [0.2, 0.25) is 10.0 Å². The molecule has 21 heavy (non-hydrogen) atoms. The first kappa shape index (κ1) is 16.2. The average molecular weight is 336 g/mol. The second-order valence-corrected chi connectivity index (χ2v) is 9.42. The van der Waals surface area contributed by atoms with Crippen LogP contribution in [0.2, 0.25) is 0 Å². The van der Waals surface area contributed by atoms with Crippen molar-refractivity contribution in [2.24, 2.45) is 0 Å². The van der Waals surface area contributed by atoms with Crippen molar-refractivity contribution in [2.45, 2.75) is 24.3 Å². The maximum absolute atomic E-state index is 14.1. The predicted molar refractivity (Wildman–Crippen MR) is 77.6 cm³/mol. The summed E-state index contributed by atoms with van der Waals surface area (Å²) < 4.78 is 62.9. The smallest absolute Gasteiger partial charge is 0.246 e. The molecule has 1 aromatic carbocycles. The fraction of sp³-hybridized carbons (Fsp3) is 0.500. The van der Waals surface area contributed by atoms with E-state index in [0.29, 0.717) is 0 Å². The minimum Gasteiger partial charge on any atom is -0.399 e. The van der Waals surface area contributed by atoms with Crippen LogP contribution in [-0.4, -0.2) is 45.7 Å². The van der Waals surface area contributed by atoms with E-state index in [-0.39, 0.29) is 29.2 Å². The molecule has 6 nitrogen and oxygen atoms in total. The van der Waals surface area contributed by atoms with Gasteiger partial charge in [-0.15, -0.1) is 0 Å². The Hall–Kier alpha value is -1.19. The molecule has 2 N–H and O–H groups in total. The lowest BCUT2D eigenvalue weighted by Crippen LogP contribution is -2.38. The maximum Gasteiger partial charge on any atom is 0.246 e. The number of nitrogens with zero attached hydrogens (tertiary/aromatic N) is 1. The maximum atomic E-state index is 14.1. The van der Waals surface area contributed by atoms with Crippen LogP contribution in [0.1, 0.15) is 12.0 Å². The number of nitrogen functional groups attached to an aromatic ring is 1.